The number of benzene rings is 2. The number of anilines is 1. The minimum Gasteiger partial charge on any atom is -0.495 e. The Morgan fingerprint density at radius 2 is 1.76 bits per heavy atom. The van der Waals surface area contributed by atoms with E-state index in [0.29, 0.717) is 18.2 Å². The molecule has 0 spiro atoms. The summed E-state index contributed by atoms with van der Waals surface area (Å²) in [7, 11) is 1.67. The molecule has 2 aromatic carbocycles. The number of hydrogen-bond acceptors (Lipinski definition) is 3. The van der Waals surface area contributed by atoms with Crippen LogP contribution < -0.4 is 10.1 Å². The van der Waals surface area contributed by atoms with Crippen LogP contribution in [-0.4, -0.2) is 22.1 Å². The fourth-order valence-electron chi connectivity index (χ4n) is 3.13. The van der Waals surface area contributed by atoms with Gasteiger partial charge in [-0.15, -0.1) is 0 Å². The van der Waals surface area contributed by atoms with Gasteiger partial charge in [0.1, 0.15) is 5.75 Å². The number of thiocarbonyl (C=S) groups is 1. The van der Waals surface area contributed by atoms with Crippen molar-refractivity contribution < 1.29 is 4.74 Å². The largest absolute Gasteiger partial charge is 0.495 e. The molecule has 0 radical (unpaired) electrons. The van der Waals surface area contributed by atoms with E-state index < -0.39 is 0 Å². The fraction of sp³-hybridized carbons (Fsp3) is 0.250. The number of ether oxygens (including phenoxy) is 1. The minimum atomic E-state index is 0.650. The van der Waals surface area contributed by atoms with Gasteiger partial charge in [0.2, 0.25) is 0 Å². The molecule has 0 bridgehead atoms. The second-order valence-corrected chi connectivity index (χ2v) is 7.41. The van der Waals surface area contributed by atoms with Gasteiger partial charge < -0.3 is 15.0 Å². The van der Waals surface area contributed by atoms with Gasteiger partial charge in [-0.1, -0.05) is 43.3 Å². The molecule has 0 aliphatic heterocycles. The first-order valence-corrected chi connectivity index (χ1v) is 10.2. The fourth-order valence-corrected chi connectivity index (χ4v) is 3.37. The number of nitrogens with one attached hydrogen (secondary N) is 1. The summed E-state index contributed by atoms with van der Waals surface area (Å²) in [6.07, 6.45) is 4.70. The second-order valence-electron chi connectivity index (χ2n) is 7.02. The lowest BCUT2D eigenvalue weighted by molar-refractivity contribution is 0.408. The number of hydrogen-bond donors (Lipinski definition) is 1. The highest BCUT2D eigenvalue weighted by molar-refractivity contribution is 7.80. The van der Waals surface area contributed by atoms with Crippen LogP contribution in [-0.2, 0) is 19.5 Å². The zero-order valence-electron chi connectivity index (χ0n) is 17.2. The Bertz CT molecular complexity index is 942. The topological polar surface area (TPSA) is 37.4 Å². The van der Waals surface area contributed by atoms with Crippen LogP contribution in [0.3, 0.4) is 0 Å². The van der Waals surface area contributed by atoms with Crippen molar-refractivity contribution in [3.8, 4) is 5.75 Å². The van der Waals surface area contributed by atoms with Crippen LogP contribution in [0.1, 0.15) is 29.2 Å². The van der Waals surface area contributed by atoms with Crippen molar-refractivity contribution in [1.82, 2.24) is 9.88 Å². The van der Waals surface area contributed by atoms with E-state index in [4.69, 9.17) is 17.0 Å². The maximum atomic E-state index is 5.79. The summed E-state index contributed by atoms with van der Waals surface area (Å²) < 4.78 is 5.49. The summed E-state index contributed by atoms with van der Waals surface area (Å²) in [5, 5.41) is 4.03. The summed E-state index contributed by atoms with van der Waals surface area (Å²) in [5.41, 5.74) is 5.67. The van der Waals surface area contributed by atoms with E-state index >= 15 is 0 Å². The van der Waals surface area contributed by atoms with Crippen molar-refractivity contribution in [2.45, 2.75) is 33.4 Å². The monoisotopic (exact) mass is 405 g/mol. The second kappa shape index (κ2) is 10.0. The average Bonchev–Trinajstić information content (AvgIpc) is 2.74. The molecule has 0 atom stereocenters. The Morgan fingerprint density at radius 3 is 2.41 bits per heavy atom. The maximum absolute atomic E-state index is 5.79. The quantitative estimate of drug-likeness (QED) is 0.536. The zero-order valence-corrected chi connectivity index (χ0v) is 18.0. The molecular weight excluding hydrogens is 378 g/mol. The third-order valence-corrected chi connectivity index (χ3v) is 5.14. The van der Waals surface area contributed by atoms with E-state index in [1.54, 1.807) is 13.3 Å². The molecule has 0 amide bonds. The Hall–Kier alpha value is -2.92. The lowest BCUT2D eigenvalue weighted by Crippen LogP contribution is -2.34. The lowest BCUT2D eigenvalue weighted by Gasteiger charge is -2.27. The number of rotatable bonds is 7. The Labute approximate surface area is 178 Å². The lowest BCUT2D eigenvalue weighted by atomic mass is 10.1. The molecular formula is C24H27N3OS. The molecule has 1 heterocycles. The van der Waals surface area contributed by atoms with Gasteiger partial charge in [0.05, 0.1) is 12.8 Å². The number of aromatic nitrogens is 1. The Kier molecular flexibility index (Phi) is 7.19. The first kappa shape index (κ1) is 20.8. The standard InChI is InChI=1S/C24H27N3OS/c1-4-19-8-10-20(11-9-19)16-27(17-21-6-5-13-25-15-21)24(29)26-22-14-18(2)7-12-23(22)28-3/h5-15H,4,16-17H2,1-3H3,(H,26,29). The van der Waals surface area contributed by atoms with E-state index in [2.05, 4.69) is 59.4 Å². The molecule has 4 nitrogen and oxygen atoms in total. The predicted octanol–water partition coefficient (Wildman–Crippen LogP) is 5.36. The SMILES string of the molecule is CCc1ccc(CN(Cc2cccnc2)C(=S)Nc2cc(C)ccc2OC)cc1. The molecule has 5 heteroatoms. The van der Waals surface area contributed by atoms with Crippen LogP contribution in [0.25, 0.3) is 0 Å². The van der Waals surface area contributed by atoms with E-state index in [1.165, 1.54) is 11.1 Å². The van der Waals surface area contributed by atoms with Crippen LogP contribution in [0.15, 0.2) is 67.0 Å². The van der Waals surface area contributed by atoms with Crippen molar-refractivity contribution in [2.24, 2.45) is 0 Å². The third kappa shape index (κ3) is 5.78. The number of pyridine rings is 1. The summed E-state index contributed by atoms with van der Waals surface area (Å²) in [4.78, 5) is 6.39. The zero-order chi connectivity index (χ0) is 20.6. The van der Waals surface area contributed by atoms with Gasteiger partial charge in [0, 0.05) is 25.5 Å². The van der Waals surface area contributed by atoms with Gasteiger partial charge in [-0.2, -0.15) is 0 Å². The summed E-state index contributed by atoms with van der Waals surface area (Å²) >= 11 is 5.79. The third-order valence-electron chi connectivity index (χ3n) is 4.78. The first-order valence-electron chi connectivity index (χ1n) is 9.76. The molecule has 0 fully saturated rings. The molecule has 1 N–H and O–H groups in total. The maximum Gasteiger partial charge on any atom is 0.174 e. The van der Waals surface area contributed by atoms with Gasteiger partial charge in [-0.3, -0.25) is 4.98 Å². The molecule has 29 heavy (non-hydrogen) atoms. The van der Waals surface area contributed by atoms with Crippen LogP contribution in [0.5, 0.6) is 5.75 Å². The molecule has 150 valence electrons. The van der Waals surface area contributed by atoms with Crippen molar-refractivity contribution >= 4 is 23.0 Å². The molecule has 0 unspecified atom stereocenters. The Balaban J connectivity index is 1.83. The first-order chi connectivity index (χ1) is 14.1. The van der Waals surface area contributed by atoms with Crippen molar-refractivity contribution in [3.63, 3.8) is 0 Å². The highest BCUT2D eigenvalue weighted by atomic mass is 32.1. The highest BCUT2D eigenvalue weighted by Gasteiger charge is 2.14. The van der Waals surface area contributed by atoms with Crippen molar-refractivity contribution in [1.29, 1.82) is 0 Å². The number of nitrogens with zero attached hydrogens (tertiary/aromatic N) is 2. The van der Waals surface area contributed by atoms with Crippen LogP contribution in [0.4, 0.5) is 5.69 Å². The highest BCUT2D eigenvalue weighted by Crippen LogP contribution is 2.26. The Morgan fingerprint density at radius 1 is 1.03 bits per heavy atom. The smallest absolute Gasteiger partial charge is 0.174 e. The predicted molar refractivity (Wildman–Crippen MR) is 123 cm³/mol. The molecule has 3 aromatic rings. The van der Waals surface area contributed by atoms with E-state index in [1.807, 2.05) is 30.5 Å². The molecule has 3 rings (SSSR count). The van der Waals surface area contributed by atoms with E-state index in [0.717, 1.165) is 29.0 Å². The van der Waals surface area contributed by atoms with E-state index in [9.17, 15) is 0 Å². The summed E-state index contributed by atoms with van der Waals surface area (Å²) in [6.45, 7) is 5.59. The van der Waals surface area contributed by atoms with Crippen molar-refractivity contribution in [2.75, 3.05) is 12.4 Å². The number of aryl methyl sites for hydroxylation is 2. The molecule has 0 aliphatic rings. The minimum absolute atomic E-state index is 0.650. The van der Waals surface area contributed by atoms with Crippen LogP contribution in [0.2, 0.25) is 0 Å². The van der Waals surface area contributed by atoms with Gasteiger partial charge in [-0.25, -0.2) is 0 Å². The van der Waals surface area contributed by atoms with Gasteiger partial charge >= 0.3 is 0 Å². The summed E-state index contributed by atoms with van der Waals surface area (Å²) in [5.74, 6) is 0.770. The van der Waals surface area contributed by atoms with E-state index in [-0.39, 0.29) is 0 Å². The van der Waals surface area contributed by atoms with Gasteiger partial charge in [-0.05, 0) is 66.0 Å². The molecule has 0 saturated heterocycles. The molecule has 1 aromatic heterocycles. The number of methoxy groups -OCH3 is 1. The van der Waals surface area contributed by atoms with Gasteiger partial charge in [0.25, 0.3) is 0 Å². The van der Waals surface area contributed by atoms with Crippen LogP contribution in [0, 0.1) is 6.92 Å². The molecule has 0 saturated carbocycles. The summed E-state index contributed by atoms with van der Waals surface area (Å²) in [6, 6.07) is 18.7. The molecule has 0 aliphatic carbocycles. The van der Waals surface area contributed by atoms with Crippen LogP contribution >= 0.6 is 12.2 Å². The average molecular weight is 406 g/mol. The van der Waals surface area contributed by atoms with Crippen molar-refractivity contribution in [3.05, 3.63) is 89.2 Å². The normalized spacial score (nSPS) is 10.4. The van der Waals surface area contributed by atoms with Gasteiger partial charge in [0.15, 0.2) is 5.11 Å².